The van der Waals surface area contributed by atoms with Crippen LogP contribution >= 0.6 is 0 Å². The third-order valence-electron chi connectivity index (χ3n) is 5.19. The highest BCUT2D eigenvalue weighted by molar-refractivity contribution is 6.28. The number of hydrogen-bond acceptors (Lipinski definition) is 7. The maximum atomic E-state index is 11.8. The Balaban J connectivity index is 2.17. The van der Waals surface area contributed by atoms with Crippen LogP contribution in [0.25, 0.3) is 22.3 Å². The minimum absolute atomic E-state index is 0.164. The van der Waals surface area contributed by atoms with Crippen molar-refractivity contribution in [3.63, 3.8) is 0 Å². The molecule has 0 saturated heterocycles. The van der Waals surface area contributed by atoms with Crippen LogP contribution in [0.2, 0.25) is 0 Å². The predicted octanol–water partition coefficient (Wildman–Crippen LogP) is 4.83. The van der Waals surface area contributed by atoms with Crippen molar-refractivity contribution < 1.29 is 14.8 Å². The number of nitro groups is 3. The Morgan fingerprint density at radius 2 is 1.23 bits per heavy atom. The van der Waals surface area contributed by atoms with Gasteiger partial charge >= 0.3 is 0 Å². The van der Waals surface area contributed by atoms with E-state index in [2.05, 4.69) is 4.99 Å². The molecular formula is C21H14N4O6. The molecule has 0 saturated carbocycles. The lowest BCUT2D eigenvalue weighted by molar-refractivity contribution is -0.393. The van der Waals surface area contributed by atoms with E-state index in [0.29, 0.717) is 22.3 Å². The quantitative estimate of drug-likeness (QED) is 0.343. The molecule has 0 bridgehead atoms. The lowest BCUT2D eigenvalue weighted by Crippen LogP contribution is -2.01. The smallest absolute Gasteiger partial charge is 0.284 e. The van der Waals surface area contributed by atoms with Gasteiger partial charge in [0.25, 0.3) is 17.1 Å². The molecule has 3 aromatic rings. The SMILES string of the molecule is CN=C1c2cc([N+](=O)[O-])cc(-c3ccc(C)cc3)c2-c2c1cc([N+](=O)[O-])cc2[N+](=O)[O-]. The van der Waals surface area contributed by atoms with Gasteiger partial charge in [-0.1, -0.05) is 29.8 Å². The molecule has 1 aliphatic rings. The maximum absolute atomic E-state index is 11.8. The van der Waals surface area contributed by atoms with Gasteiger partial charge in [-0.05, 0) is 18.1 Å². The summed E-state index contributed by atoms with van der Waals surface area (Å²) < 4.78 is 0. The third-order valence-corrected chi connectivity index (χ3v) is 5.19. The molecule has 10 nitrogen and oxygen atoms in total. The maximum Gasteiger partial charge on any atom is 0.284 e. The standard InChI is InChI=1S/C21H14N4O6/c1-11-3-5-12(6-4-11)15-7-13(23(26)27)8-16-19(15)20-17(21(16)22-2)9-14(24(28)29)10-18(20)25(30)31/h3-10H,1-2H3. The summed E-state index contributed by atoms with van der Waals surface area (Å²) in [6.45, 7) is 1.89. The Kier molecular flexibility index (Phi) is 4.54. The Hall–Kier alpha value is -4.47. The van der Waals surface area contributed by atoms with Gasteiger partial charge in [0.2, 0.25) is 0 Å². The van der Waals surface area contributed by atoms with Crippen LogP contribution in [0.1, 0.15) is 16.7 Å². The molecule has 0 fully saturated rings. The molecule has 31 heavy (non-hydrogen) atoms. The van der Waals surface area contributed by atoms with Crippen LogP contribution < -0.4 is 0 Å². The van der Waals surface area contributed by atoms with Crippen molar-refractivity contribution in [2.75, 3.05) is 7.05 Å². The first-order chi connectivity index (χ1) is 14.7. The van der Waals surface area contributed by atoms with Crippen molar-refractivity contribution in [1.82, 2.24) is 0 Å². The van der Waals surface area contributed by atoms with Gasteiger partial charge < -0.3 is 0 Å². The summed E-state index contributed by atoms with van der Waals surface area (Å²) in [5.41, 5.74) is 2.22. The highest BCUT2D eigenvalue weighted by Crippen LogP contribution is 2.50. The highest BCUT2D eigenvalue weighted by atomic mass is 16.6. The topological polar surface area (TPSA) is 142 Å². The van der Waals surface area contributed by atoms with Crippen molar-refractivity contribution in [1.29, 1.82) is 0 Å². The van der Waals surface area contributed by atoms with E-state index in [-0.39, 0.29) is 22.5 Å². The average Bonchev–Trinajstić information content (AvgIpc) is 3.06. The largest absolute Gasteiger partial charge is 0.287 e. The fourth-order valence-corrected chi connectivity index (χ4v) is 3.85. The summed E-state index contributed by atoms with van der Waals surface area (Å²) in [5.74, 6) is 0. The summed E-state index contributed by atoms with van der Waals surface area (Å²) in [6, 6.07) is 12.0. The summed E-state index contributed by atoms with van der Waals surface area (Å²) in [7, 11) is 1.43. The second kappa shape index (κ2) is 7.10. The average molecular weight is 418 g/mol. The minimum Gasteiger partial charge on any atom is -0.287 e. The van der Waals surface area contributed by atoms with Gasteiger partial charge in [0.1, 0.15) is 0 Å². The number of nitrogens with zero attached hydrogens (tertiary/aromatic N) is 4. The second-order valence-corrected chi connectivity index (χ2v) is 7.01. The van der Waals surface area contributed by atoms with E-state index in [4.69, 9.17) is 0 Å². The summed E-state index contributed by atoms with van der Waals surface area (Å²) in [5, 5.41) is 34.8. The number of nitro benzene ring substituents is 3. The molecule has 154 valence electrons. The molecule has 0 spiro atoms. The first kappa shape index (κ1) is 19.8. The van der Waals surface area contributed by atoms with Crippen LogP contribution in [-0.2, 0) is 0 Å². The molecule has 0 aliphatic heterocycles. The van der Waals surface area contributed by atoms with Gasteiger partial charge in [-0.3, -0.25) is 35.3 Å². The number of non-ortho nitro benzene ring substituents is 2. The molecule has 0 amide bonds. The highest BCUT2D eigenvalue weighted by Gasteiger charge is 2.37. The van der Waals surface area contributed by atoms with Gasteiger partial charge in [-0.15, -0.1) is 0 Å². The van der Waals surface area contributed by atoms with Crippen molar-refractivity contribution in [2.45, 2.75) is 6.92 Å². The van der Waals surface area contributed by atoms with E-state index >= 15 is 0 Å². The van der Waals surface area contributed by atoms with Crippen molar-refractivity contribution in [3.05, 3.63) is 95.6 Å². The molecule has 3 aromatic carbocycles. The van der Waals surface area contributed by atoms with E-state index < -0.39 is 26.1 Å². The van der Waals surface area contributed by atoms with E-state index in [1.807, 2.05) is 19.1 Å². The van der Waals surface area contributed by atoms with E-state index in [9.17, 15) is 30.3 Å². The Bertz CT molecular complexity index is 1330. The van der Waals surface area contributed by atoms with Crippen LogP contribution in [0.3, 0.4) is 0 Å². The van der Waals surface area contributed by atoms with Crippen molar-refractivity contribution >= 4 is 22.8 Å². The number of rotatable bonds is 4. The molecule has 0 aromatic heterocycles. The van der Waals surface area contributed by atoms with Crippen LogP contribution in [0.15, 0.2) is 53.5 Å². The molecule has 0 unspecified atom stereocenters. The molecule has 0 N–H and O–H groups in total. The molecule has 0 radical (unpaired) electrons. The molecule has 0 heterocycles. The minimum atomic E-state index is -0.715. The van der Waals surface area contributed by atoms with Gasteiger partial charge in [0, 0.05) is 41.9 Å². The summed E-state index contributed by atoms with van der Waals surface area (Å²) in [6.07, 6.45) is 0. The molecule has 10 heteroatoms. The number of aliphatic imine (C=N–C) groups is 1. The van der Waals surface area contributed by atoms with Crippen molar-refractivity contribution in [3.8, 4) is 22.3 Å². The van der Waals surface area contributed by atoms with E-state index in [0.717, 1.165) is 11.6 Å². The van der Waals surface area contributed by atoms with Crippen LogP contribution in [0.4, 0.5) is 17.1 Å². The summed E-state index contributed by atoms with van der Waals surface area (Å²) in [4.78, 5) is 37.0. The van der Waals surface area contributed by atoms with Crippen molar-refractivity contribution in [2.24, 2.45) is 4.99 Å². The molecular weight excluding hydrogens is 404 g/mol. The second-order valence-electron chi connectivity index (χ2n) is 7.01. The monoisotopic (exact) mass is 418 g/mol. The van der Waals surface area contributed by atoms with E-state index in [1.165, 1.54) is 25.2 Å². The third kappa shape index (κ3) is 3.10. The first-order valence-corrected chi connectivity index (χ1v) is 9.07. The molecule has 1 aliphatic carbocycles. The number of benzene rings is 3. The normalized spacial score (nSPS) is 13.0. The fraction of sp³-hybridized carbons (Fsp3) is 0.0952. The van der Waals surface area contributed by atoms with Crippen LogP contribution in [0.5, 0.6) is 0 Å². The Morgan fingerprint density at radius 3 is 1.74 bits per heavy atom. The van der Waals surface area contributed by atoms with E-state index in [1.54, 1.807) is 12.1 Å². The number of aryl methyl sites for hydroxylation is 1. The molecule has 0 atom stereocenters. The Labute approximate surface area is 174 Å². The Morgan fingerprint density at radius 1 is 0.710 bits per heavy atom. The zero-order valence-corrected chi connectivity index (χ0v) is 16.4. The van der Waals surface area contributed by atoms with Gasteiger partial charge in [0.15, 0.2) is 0 Å². The van der Waals surface area contributed by atoms with Crippen LogP contribution in [0, 0.1) is 37.3 Å². The first-order valence-electron chi connectivity index (χ1n) is 9.07. The van der Waals surface area contributed by atoms with Crippen LogP contribution in [-0.4, -0.2) is 27.5 Å². The fourth-order valence-electron chi connectivity index (χ4n) is 3.85. The zero-order valence-electron chi connectivity index (χ0n) is 16.4. The van der Waals surface area contributed by atoms with Gasteiger partial charge in [-0.25, -0.2) is 0 Å². The predicted molar refractivity (Wildman–Crippen MR) is 114 cm³/mol. The molecule has 4 rings (SSSR count). The zero-order chi connectivity index (χ0) is 22.4. The lowest BCUT2D eigenvalue weighted by atomic mass is 9.92. The van der Waals surface area contributed by atoms with Gasteiger partial charge in [0.05, 0.1) is 32.1 Å². The summed E-state index contributed by atoms with van der Waals surface area (Å²) >= 11 is 0. The number of hydrogen-bond donors (Lipinski definition) is 0. The van der Waals surface area contributed by atoms with Gasteiger partial charge in [-0.2, -0.15) is 0 Å². The number of fused-ring (bicyclic) bond motifs is 3. The lowest BCUT2D eigenvalue weighted by Gasteiger charge is -2.11.